The third kappa shape index (κ3) is 3.76. The first-order valence-corrected chi connectivity index (χ1v) is 9.03. The minimum Gasteiger partial charge on any atom is -0.493 e. The van der Waals surface area contributed by atoms with Crippen LogP contribution in [0.5, 0.6) is 11.5 Å². The summed E-state index contributed by atoms with van der Waals surface area (Å²) in [6, 6.07) is 13.6. The Hall–Kier alpha value is -3.68. The highest BCUT2D eigenvalue weighted by Crippen LogP contribution is 2.36. The van der Waals surface area contributed by atoms with E-state index in [0.29, 0.717) is 28.3 Å². The van der Waals surface area contributed by atoms with Gasteiger partial charge in [0.25, 0.3) is 0 Å². The fourth-order valence-electron chi connectivity index (χ4n) is 3.34. The molecule has 2 aromatic carbocycles. The number of halogens is 3. The Morgan fingerprint density at radius 1 is 1.00 bits per heavy atom. The van der Waals surface area contributed by atoms with Crippen LogP contribution in [0.4, 0.5) is 13.2 Å². The number of benzene rings is 2. The van der Waals surface area contributed by atoms with Gasteiger partial charge in [-0.3, -0.25) is 4.79 Å². The third-order valence-electron chi connectivity index (χ3n) is 4.74. The molecule has 5 nitrogen and oxygen atoms in total. The lowest BCUT2D eigenvalue weighted by atomic mass is 10.0. The van der Waals surface area contributed by atoms with Crippen molar-refractivity contribution in [2.75, 3.05) is 7.11 Å². The van der Waals surface area contributed by atoms with Crippen LogP contribution in [0.2, 0.25) is 0 Å². The summed E-state index contributed by atoms with van der Waals surface area (Å²) in [4.78, 5) is 17.6. The van der Waals surface area contributed by atoms with Crippen molar-refractivity contribution in [3.63, 3.8) is 0 Å². The van der Waals surface area contributed by atoms with Crippen molar-refractivity contribution in [2.45, 2.75) is 12.8 Å². The summed E-state index contributed by atoms with van der Waals surface area (Å²) in [7, 11) is 1.44. The number of hydrogen-bond acceptors (Lipinski definition) is 3. The molecule has 0 aliphatic carbocycles. The average Bonchev–Trinajstić information content (AvgIpc) is 3.19. The van der Waals surface area contributed by atoms with E-state index in [0.717, 1.165) is 11.5 Å². The first-order valence-electron chi connectivity index (χ1n) is 9.03. The first-order chi connectivity index (χ1) is 14.4. The number of ether oxygens (including phenoxy) is 2. The Kier molecular flexibility index (Phi) is 4.99. The minimum absolute atomic E-state index is 0.0276. The van der Waals surface area contributed by atoms with Crippen molar-refractivity contribution in [3.05, 3.63) is 82.3 Å². The van der Waals surface area contributed by atoms with Crippen LogP contribution in [0.1, 0.15) is 11.1 Å². The monoisotopic (exact) mass is 414 g/mol. The molecule has 2 heterocycles. The number of methoxy groups -OCH3 is 1. The highest BCUT2D eigenvalue weighted by molar-refractivity contribution is 5.93. The number of nitrogens with one attached hydrogen (secondary N) is 2. The van der Waals surface area contributed by atoms with Gasteiger partial charge < -0.3 is 19.4 Å². The van der Waals surface area contributed by atoms with E-state index in [4.69, 9.17) is 9.47 Å². The second kappa shape index (κ2) is 7.62. The van der Waals surface area contributed by atoms with Gasteiger partial charge in [0.1, 0.15) is 12.3 Å². The minimum atomic E-state index is -4.46. The molecule has 0 saturated heterocycles. The summed E-state index contributed by atoms with van der Waals surface area (Å²) < 4.78 is 50.6. The van der Waals surface area contributed by atoms with E-state index in [9.17, 15) is 18.0 Å². The number of alkyl halides is 3. The number of aromatic nitrogens is 2. The van der Waals surface area contributed by atoms with E-state index in [1.165, 1.54) is 31.4 Å². The van der Waals surface area contributed by atoms with E-state index in [2.05, 4.69) is 9.97 Å². The number of rotatable bonds is 5. The summed E-state index contributed by atoms with van der Waals surface area (Å²) in [6.07, 6.45) is -2.74. The molecule has 8 heteroatoms. The fraction of sp³-hybridized carbons (Fsp3) is 0.136. The molecule has 2 aromatic heterocycles. The van der Waals surface area contributed by atoms with Gasteiger partial charge in [0, 0.05) is 23.2 Å². The zero-order valence-electron chi connectivity index (χ0n) is 15.8. The van der Waals surface area contributed by atoms with Gasteiger partial charge in [0.15, 0.2) is 11.5 Å². The molecule has 0 bridgehead atoms. The zero-order valence-corrected chi connectivity index (χ0v) is 15.8. The van der Waals surface area contributed by atoms with Gasteiger partial charge >= 0.3 is 6.18 Å². The third-order valence-corrected chi connectivity index (χ3v) is 4.74. The molecular weight excluding hydrogens is 397 g/mol. The van der Waals surface area contributed by atoms with E-state index in [1.54, 1.807) is 24.4 Å². The van der Waals surface area contributed by atoms with Crippen molar-refractivity contribution >= 4 is 11.0 Å². The zero-order chi connectivity index (χ0) is 21.3. The highest BCUT2D eigenvalue weighted by Gasteiger charge is 2.33. The van der Waals surface area contributed by atoms with Crippen LogP contribution in [0.3, 0.4) is 0 Å². The van der Waals surface area contributed by atoms with Crippen molar-refractivity contribution in [3.8, 4) is 22.6 Å². The summed E-state index contributed by atoms with van der Waals surface area (Å²) in [6.45, 7) is -0.265. The number of aromatic amines is 2. The fourth-order valence-corrected chi connectivity index (χ4v) is 3.34. The van der Waals surface area contributed by atoms with Crippen LogP contribution in [-0.2, 0) is 12.8 Å². The van der Waals surface area contributed by atoms with Gasteiger partial charge in [-0.1, -0.05) is 24.3 Å². The smallest absolute Gasteiger partial charge is 0.416 e. The first kappa shape index (κ1) is 19.6. The highest BCUT2D eigenvalue weighted by atomic mass is 19.4. The molecule has 0 fully saturated rings. The topological polar surface area (TPSA) is 67.1 Å². The van der Waals surface area contributed by atoms with Gasteiger partial charge in [0.2, 0.25) is 5.56 Å². The lowest BCUT2D eigenvalue weighted by Gasteiger charge is -2.15. The van der Waals surface area contributed by atoms with Crippen molar-refractivity contribution in [2.24, 2.45) is 0 Å². The van der Waals surface area contributed by atoms with Crippen molar-refractivity contribution in [1.29, 1.82) is 0 Å². The van der Waals surface area contributed by atoms with Crippen LogP contribution in [0, 0.1) is 0 Å². The van der Waals surface area contributed by atoms with Gasteiger partial charge in [-0.25, -0.2) is 0 Å². The van der Waals surface area contributed by atoms with E-state index in [-0.39, 0.29) is 17.7 Å². The molecule has 0 radical (unpaired) electrons. The van der Waals surface area contributed by atoms with Crippen molar-refractivity contribution < 1.29 is 22.6 Å². The largest absolute Gasteiger partial charge is 0.493 e. The Morgan fingerprint density at radius 2 is 1.80 bits per heavy atom. The predicted molar refractivity (Wildman–Crippen MR) is 107 cm³/mol. The lowest BCUT2D eigenvalue weighted by Crippen LogP contribution is -2.11. The second-order valence-corrected chi connectivity index (χ2v) is 6.62. The van der Waals surface area contributed by atoms with Gasteiger partial charge in [-0.15, -0.1) is 0 Å². The van der Waals surface area contributed by atoms with Crippen molar-refractivity contribution in [1.82, 2.24) is 9.97 Å². The molecule has 0 saturated carbocycles. The molecule has 4 aromatic rings. The Bertz CT molecular complexity index is 1260. The molecule has 0 amide bonds. The summed E-state index contributed by atoms with van der Waals surface area (Å²) in [5.74, 6) is 0.648. The maximum Gasteiger partial charge on any atom is 0.416 e. The van der Waals surface area contributed by atoms with Gasteiger partial charge in [0.05, 0.1) is 12.7 Å². The van der Waals surface area contributed by atoms with Crippen LogP contribution in [0.25, 0.3) is 22.2 Å². The van der Waals surface area contributed by atoms with E-state index in [1.807, 2.05) is 6.07 Å². The lowest BCUT2D eigenvalue weighted by molar-refractivity contribution is -0.138. The number of pyridine rings is 1. The maximum atomic E-state index is 13.2. The molecule has 4 rings (SSSR count). The van der Waals surface area contributed by atoms with Crippen LogP contribution < -0.4 is 15.0 Å². The quantitative estimate of drug-likeness (QED) is 0.476. The molecule has 154 valence electrons. The summed E-state index contributed by atoms with van der Waals surface area (Å²) >= 11 is 0. The number of fused-ring (bicyclic) bond motifs is 1. The molecule has 2 N–H and O–H groups in total. The van der Waals surface area contributed by atoms with Crippen LogP contribution in [0.15, 0.2) is 65.6 Å². The standard InChI is InChI=1S/C22H17F3N2O3/c1-29-19-10-13(16-11-20(28)27-21-15(16)8-9-26-21)6-7-18(19)30-12-14-4-2-3-5-17(14)22(23,24)25/h2-11H,12H2,1H3,(H2,26,27,28). The summed E-state index contributed by atoms with van der Waals surface area (Å²) in [5.41, 5.74) is 1.04. The average molecular weight is 414 g/mol. The molecule has 0 unspecified atom stereocenters. The van der Waals surface area contributed by atoms with E-state index >= 15 is 0 Å². The SMILES string of the molecule is COc1cc(-c2cc(=O)[nH]c3[nH]ccc23)ccc1OCc1ccccc1C(F)(F)F. The molecule has 0 spiro atoms. The van der Waals surface area contributed by atoms with E-state index < -0.39 is 11.7 Å². The predicted octanol–water partition coefficient (Wildman–Crippen LogP) is 5.13. The molecule has 0 aliphatic heterocycles. The molecule has 30 heavy (non-hydrogen) atoms. The molecular formula is C22H17F3N2O3. The van der Waals surface area contributed by atoms with Gasteiger partial charge in [-0.05, 0) is 35.4 Å². The second-order valence-electron chi connectivity index (χ2n) is 6.62. The molecule has 0 atom stereocenters. The normalized spacial score (nSPS) is 11.6. The Balaban J connectivity index is 1.66. The van der Waals surface area contributed by atoms with Crippen LogP contribution >= 0.6 is 0 Å². The Labute approximate surface area is 169 Å². The molecule has 0 aliphatic rings. The maximum absolute atomic E-state index is 13.2. The summed E-state index contributed by atoms with van der Waals surface area (Å²) in [5, 5.41) is 0.824. The van der Waals surface area contributed by atoms with Crippen LogP contribution in [-0.4, -0.2) is 17.1 Å². The number of hydrogen-bond donors (Lipinski definition) is 2. The Morgan fingerprint density at radius 3 is 2.57 bits per heavy atom. The number of H-pyrrole nitrogens is 2. The van der Waals surface area contributed by atoms with Gasteiger partial charge in [-0.2, -0.15) is 13.2 Å².